The van der Waals surface area contributed by atoms with Crippen molar-refractivity contribution in [2.24, 2.45) is 0 Å². The minimum atomic E-state index is -0.00252. The van der Waals surface area contributed by atoms with Gasteiger partial charge in [-0.15, -0.1) is 0 Å². The number of carbonyl (C=O) groups excluding carboxylic acids is 1. The predicted octanol–water partition coefficient (Wildman–Crippen LogP) is 1.23. The van der Waals surface area contributed by atoms with Crippen LogP contribution in [-0.2, 0) is 14.3 Å². The van der Waals surface area contributed by atoms with Gasteiger partial charge < -0.3 is 25.0 Å². The first-order valence-electron chi connectivity index (χ1n) is 8.37. The van der Waals surface area contributed by atoms with Crippen molar-refractivity contribution < 1.29 is 14.3 Å². The number of morpholine rings is 1. The molecule has 6 heteroatoms. The molecule has 23 heavy (non-hydrogen) atoms. The molecule has 0 aromatic heterocycles. The molecule has 126 valence electrons. The van der Waals surface area contributed by atoms with Crippen LogP contribution in [0.5, 0.6) is 0 Å². The SMILES string of the molecule is O=C(CNc1ccccc1N1CCOCC1)NCC1CCCO1. The van der Waals surface area contributed by atoms with E-state index in [1.54, 1.807) is 0 Å². The van der Waals surface area contributed by atoms with Crippen LogP contribution in [0, 0.1) is 0 Å². The zero-order valence-corrected chi connectivity index (χ0v) is 13.4. The molecule has 0 aliphatic carbocycles. The Kier molecular flexibility index (Phi) is 5.71. The van der Waals surface area contributed by atoms with Crippen molar-refractivity contribution in [3.05, 3.63) is 24.3 Å². The van der Waals surface area contributed by atoms with Gasteiger partial charge >= 0.3 is 0 Å². The van der Waals surface area contributed by atoms with E-state index in [9.17, 15) is 4.79 Å². The summed E-state index contributed by atoms with van der Waals surface area (Å²) in [6.07, 6.45) is 2.30. The average molecular weight is 319 g/mol. The second-order valence-electron chi connectivity index (χ2n) is 5.91. The molecule has 3 rings (SSSR count). The third-order valence-corrected chi connectivity index (χ3v) is 4.25. The number of para-hydroxylation sites is 2. The lowest BCUT2D eigenvalue weighted by atomic mass is 10.2. The highest BCUT2D eigenvalue weighted by molar-refractivity contribution is 5.82. The molecule has 1 unspecified atom stereocenters. The first-order chi connectivity index (χ1) is 11.3. The van der Waals surface area contributed by atoms with E-state index in [1.807, 2.05) is 18.2 Å². The molecule has 0 spiro atoms. The molecule has 2 heterocycles. The van der Waals surface area contributed by atoms with Crippen molar-refractivity contribution in [3.63, 3.8) is 0 Å². The van der Waals surface area contributed by atoms with Crippen LogP contribution in [0.25, 0.3) is 0 Å². The van der Waals surface area contributed by atoms with E-state index in [4.69, 9.17) is 9.47 Å². The summed E-state index contributed by atoms with van der Waals surface area (Å²) < 4.78 is 10.9. The summed E-state index contributed by atoms with van der Waals surface area (Å²) in [4.78, 5) is 14.3. The van der Waals surface area contributed by atoms with Crippen LogP contribution >= 0.6 is 0 Å². The van der Waals surface area contributed by atoms with Crippen molar-refractivity contribution in [2.45, 2.75) is 18.9 Å². The molecule has 1 atom stereocenters. The number of benzene rings is 1. The highest BCUT2D eigenvalue weighted by atomic mass is 16.5. The van der Waals surface area contributed by atoms with Crippen molar-refractivity contribution in [1.82, 2.24) is 5.32 Å². The molecule has 1 aromatic carbocycles. The van der Waals surface area contributed by atoms with E-state index in [-0.39, 0.29) is 18.6 Å². The Morgan fingerprint density at radius 2 is 2.04 bits per heavy atom. The number of anilines is 2. The molecule has 0 radical (unpaired) electrons. The Hall–Kier alpha value is -1.79. The fourth-order valence-electron chi connectivity index (χ4n) is 2.97. The van der Waals surface area contributed by atoms with Crippen LogP contribution in [0.2, 0.25) is 0 Å². The van der Waals surface area contributed by atoms with Crippen LogP contribution in [0.4, 0.5) is 11.4 Å². The smallest absolute Gasteiger partial charge is 0.239 e. The lowest BCUT2D eigenvalue weighted by Gasteiger charge is -2.30. The predicted molar refractivity (Wildman–Crippen MR) is 89.9 cm³/mol. The fourth-order valence-corrected chi connectivity index (χ4v) is 2.97. The lowest BCUT2D eigenvalue weighted by molar-refractivity contribution is -0.119. The summed E-state index contributed by atoms with van der Waals surface area (Å²) in [7, 11) is 0. The van der Waals surface area contributed by atoms with Gasteiger partial charge in [-0.2, -0.15) is 0 Å². The number of nitrogens with one attached hydrogen (secondary N) is 2. The van der Waals surface area contributed by atoms with Gasteiger partial charge in [0.25, 0.3) is 0 Å². The summed E-state index contributed by atoms with van der Waals surface area (Å²) in [6.45, 7) is 4.94. The Bertz CT molecular complexity index is 512. The number of rotatable bonds is 6. The molecule has 6 nitrogen and oxygen atoms in total. The van der Waals surface area contributed by atoms with Crippen LogP contribution in [0.15, 0.2) is 24.3 Å². The van der Waals surface area contributed by atoms with E-state index in [0.717, 1.165) is 57.1 Å². The highest BCUT2D eigenvalue weighted by Gasteiger charge is 2.17. The first-order valence-corrected chi connectivity index (χ1v) is 8.37. The van der Waals surface area contributed by atoms with Gasteiger partial charge in [0.05, 0.1) is 37.2 Å². The van der Waals surface area contributed by atoms with E-state index in [2.05, 4.69) is 21.6 Å². The topological polar surface area (TPSA) is 62.8 Å². The second kappa shape index (κ2) is 8.17. The quantitative estimate of drug-likeness (QED) is 0.826. The van der Waals surface area contributed by atoms with Crippen LogP contribution in [0.3, 0.4) is 0 Å². The van der Waals surface area contributed by atoms with Gasteiger partial charge in [0.15, 0.2) is 0 Å². The molecule has 2 aliphatic heterocycles. The molecular weight excluding hydrogens is 294 g/mol. The number of hydrogen-bond donors (Lipinski definition) is 2. The Balaban J connectivity index is 1.50. The van der Waals surface area contributed by atoms with E-state index >= 15 is 0 Å². The number of ether oxygens (including phenoxy) is 2. The van der Waals surface area contributed by atoms with E-state index < -0.39 is 0 Å². The number of hydrogen-bond acceptors (Lipinski definition) is 5. The standard InChI is InChI=1S/C17H25N3O3/c21-17(19-12-14-4-3-9-23-14)13-18-15-5-1-2-6-16(15)20-7-10-22-11-8-20/h1-2,5-6,14,18H,3-4,7-13H2,(H,19,21). The van der Waals surface area contributed by atoms with Gasteiger partial charge in [-0.3, -0.25) is 4.79 Å². The highest BCUT2D eigenvalue weighted by Crippen LogP contribution is 2.26. The summed E-state index contributed by atoms with van der Waals surface area (Å²) >= 11 is 0. The molecular formula is C17H25N3O3. The number of carbonyl (C=O) groups is 1. The van der Waals surface area contributed by atoms with Gasteiger partial charge in [0.2, 0.25) is 5.91 Å². The molecule has 2 saturated heterocycles. The molecule has 2 aliphatic rings. The van der Waals surface area contributed by atoms with Gasteiger partial charge in [0.1, 0.15) is 0 Å². The molecule has 0 saturated carbocycles. The summed E-state index contributed by atoms with van der Waals surface area (Å²) in [5, 5.41) is 6.18. The normalized spacial score (nSPS) is 21.2. The minimum Gasteiger partial charge on any atom is -0.378 e. The number of nitrogens with zero attached hydrogens (tertiary/aromatic N) is 1. The first kappa shape index (κ1) is 16.1. The second-order valence-corrected chi connectivity index (χ2v) is 5.91. The maximum Gasteiger partial charge on any atom is 0.239 e. The van der Waals surface area contributed by atoms with Crippen molar-refractivity contribution in [3.8, 4) is 0 Å². The molecule has 1 amide bonds. The third-order valence-electron chi connectivity index (χ3n) is 4.25. The van der Waals surface area contributed by atoms with E-state index in [1.165, 1.54) is 0 Å². The third kappa shape index (κ3) is 4.59. The monoisotopic (exact) mass is 319 g/mol. The largest absolute Gasteiger partial charge is 0.378 e. The average Bonchev–Trinajstić information content (AvgIpc) is 3.13. The zero-order valence-electron chi connectivity index (χ0n) is 13.4. The summed E-state index contributed by atoms with van der Waals surface area (Å²) in [6, 6.07) is 8.10. The molecule has 2 fully saturated rings. The van der Waals surface area contributed by atoms with Crippen LogP contribution in [-0.4, -0.2) is 58.0 Å². The van der Waals surface area contributed by atoms with Crippen molar-refractivity contribution in [1.29, 1.82) is 0 Å². The van der Waals surface area contributed by atoms with Gasteiger partial charge in [-0.25, -0.2) is 0 Å². The fraction of sp³-hybridized carbons (Fsp3) is 0.588. The maximum atomic E-state index is 12.0. The molecule has 1 aromatic rings. The van der Waals surface area contributed by atoms with Gasteiger partial charge in [-0.1, -0.05) is 12.1 Å². The zero-order chi connectivity index (χ0) is 15.9. The molecule has 0 bridgehead atoms. The Morgan fingerprint density at radius 1 is 1.22 bits per heavy atom. The maximum absolute atomic E-state index is 12.0. The van der Waals surface area contributed by atoms with Gasteiger partial charge in [0, 0.05) is 26.2 Å². The Labute approximate surface area is 137 Å². The lowest BCUT2D eigenvalue weighted by Crippen LogP contribution is -2.37. The van der Waals surface area contributed by atoms with Gasteiger partial charge in [-0.05, 0) is 25.0 Å². The van der Waals surface area contributed by atoms with E-state index in [0.29, 0.717) is 6.54 Å². The minimum absolute atomic E-state index is 0.00252. The van der Waals surface area contributed by atoms with Crippen LogP contribution in [0.1, 0.15) is 12.8 Å². The summed E-state index contributed by atoms with van der Waals surface area (Å²) in [5.41, 5.74) is 2.12. The number of amides is 1. The molecule has 2 N–H and O–H groups in total. The van der Waals surface area contributed by atoms with Crippen molar-refractivity contribution in [2.75, 3.05) is 56.2 Å². The Morgan fingerprint density at radius 3 is 2.83 bits per heavy atom. The summed E-state index contributed by atoms with van der Waals surface area (Å²) in [5.74, 6) is -0.00252. The van der Waals surface area contributed by atoms with Crippen LogP contribution < -0.4 is 15.5 Å². The van der Waals surface area contributed by atoms with Crippen molar-refractivity contribution >= 4 is 17.3 Å².